The fourth-order valence-corrected chi connectivity index (χ4v) is 1.24. The monoisotopic (exact) mass is 196 g/mol. The van der Waals surface area contributed by atoms with E-state index in [0.29, 0.717) is 5.69 Å². The van der Waals surface area contributed by atoms with Gasteiger partial charge in [-0.3, -0.25) is 0 Å². The largest absolute Gasteiger partial charge is 0.381 e. The molecule has 14 heavy (non-hydrogen) atoms. The maximum Gasteiger partial charge on any atom is 0.146 e. The van der Waals surface area contributed by atoms with Gasteiger partial charge in [0, 0.05) is 13.1 Å². The van der Waals surface area contributed by atoms with Crippen molar-refractivity contribution in [2.75, 3.05) is 25.5 Å². The highest BCUT2D eigenvalue weighted by atomic mass is 19.1. The van der Waals surface area contributed by atoms with Crippen LogP contribution in [-0.4, -0.2) is 20.1 Å². The topological polar surface area (TPSA) is 24.1 Å². The van der Waals surface area contributed by atoms with E-state index >= 15 is 0 Å². The smallest absolute Gasteiger partial charge is 0.146 e. The van der Waals surface area contributed by atoms with Gasteiger partial charge in [0.25, 0.3) is 0 Å². The first kappa shape index (κ1) is 11.0. The van der Waals surface area contributed by atoms with E-state index in [4.69, 9.17) is 0 Å². The van der Waals surface area contributed by atoms with Crippen LogP contribution in [-0.2, 0) is 6.42 Å². The Morgan fingerprint density at radius 2 is 2.07 bits per heavy atom. The van der Waals surface area contributed by atoms with Gasteiger partial charge < -0.3 is 10.6 Å². The number of rotatable bonds is 5. The van der Waals surface area contributed by atoms with Crippen molar-refractivity contribution < 1.29 is 4.39 Å². The highest BCUT2D eigenvalue weighted by Crippen LogP contribution is 2.15. The number of likely N-dealkylation sites (N-methyl/N-ethyl adjacent to an activating group) is 1. The van der Waals surface area contributed by atoms with Crippen LogP contribution in [0.5, 0.6) is 0 Å². The van der Waals surface area contributed by atoms with Crippen LogP contribution >= 0.6 is 0 Å². The molecule has 0 unspecified atom stereocenters. The summed E-state index contributed by atoms with van der Waals surface area (Å²) in [6.45, 7) is 3.58. The van der Waals surface area contributed by atoms with E-state index in [9.17, 15) is 4.39 Å². The Balaban J connectivity index is 2.59. The van der Waals surface area contributed by atoms with Crippen LogP contribution in [0.3, 0.4) is 0 Å². The first-order valence-corrected chi connectivity index (χ1v) is 4.94. The van der Waals surface area contributed by atoms with Gasteiger partial charge in [0.2, 0.25) is 0 Å². The van der Waals surface area contributed by atoms with Crippen molar-refractivity contribution in [1.29, 1.82) is 0 Å². The zero-order valence-corrected chi connectivity index (χ0v) is 8.73. The third-order valence-electron chi connectivity index (χ3n) is 2.13. The quantitative estimate of drug-likeness (QED) is 0.704. The van der Waals surface area contributed by atoms with Crippen molar-refractivity contribution in [2.24, 2.45) is 0 Å². The highest BCUT2D eigenvalue weighted by Gasteiger charge is 2.01. The average Bonchev–Trinajstić information content (AvgIpc) is 2.20. The Morgan fingerprint density at radius 3 is 2.64 bits per heavy atom. The second kappa shape index (κ2) is 5.60. The van der Waals surface area contributed by atoms with Crippen LogP contribution in [0.4, 0.5) is 10.1 Å². The molecule has 0 aliphatic carbocycles. The molecule has 2 nitrogen and oxygen atoms in total. The van der Waals surface area contributed by atoms with Crippen LogP contribution in [0.2, 0.25) is 0 Å². The molecule has 0 spiro atoms. The van der Waals surface area contributed by atoms with E-state index < -0.39 is 0 Å². The molecule has 0 radical (unpaired) electrons. The van der Waals surface area contributed by atoms with Crippen LogP contribution in [0.1, 0.15) is 12.5 Å². The predicted octanol–water partition coefficient (Wildman–Crippen LogP) is 2.02. The number of hydrogen-bond acceptors (Lipinski definition) is 2. The Hall–Kier alpha value is -1.09. The van der Waals surface area contributed by atoms with E-state index in [-0.39, 0.29) is 5.82 Å². The molecule has 0 aliphatic heterocycles. The number of benzene rings is 1. The summed E-state index contributed by atoms with van der Waals surface area (Å²) >= 11 is 0. The zero-order chi connectivity index (χ0) is 10.4. The van der Waals surface area contributed by atoms with Gasteiger partial charge in [-0.1, -0.05) is 13.0 Å². The minimum atomic E-state index is -0.166. The number of halogens is 1. The van der Waals surface area contributed by atoms with Crippen LogP contribution in [0.25, 0.3) is 0 Å². The molecule has 0 saturated carbocycles. The van der Waals surface area contributed by atoms with Crippen LogP contribution in [0.15, 0.2) is 18.2 Å². The Bertz CT molecular complexity index is 287. The van der Waals surface area contributed by atoms with E-state index in [1.807, 2.05) is 20.0 Å². The van der Waals surface area contributed by atoms with Gasteiger partial charge in [0.15, 0.2) is 0 Å². The molecule has 1 aromatic carbocycles. The van der Waals surface area contributed by atoms with Gasteiger partial charge in [-0.2, -0.15) is 0 Å². The molecule has 0 saturated heterocycles. The minimum Gasteiger partial charge on any atom is -0.381 e. The van der Waals surface area contributed by atoms with E-state index in [1.54, 1.807) is 12.1 Å². The maximum atomic E-state index is 13.4. The summed E-state index contributed by atoms with van der Waals surface area (Å²) in [4.78, 5) is 0. The van der Waals surface area contributed by atoms with Gasteiger partial charge in [-0.25, -0.2) is 4.39 Å². The Labute approximate surface area is 84.5 Å². The molecule has 0 aliphatic rings. The molecule has 1 aromatic rings. The van der Waals surface area contributed by atoms with Crippen molar-refractivity contribution >= 4 is 5.69 Å². The second-order valence-corrected chi connectivity index (χ2v) is 3.20. The molecule has 2 N–H and O–H groups in total. The van der Waals surface area contributed by atoms with Crippen molar-refractivity contribution in [2.45, 2.75) is 13.3 Å². The summed E-state index contributed by atoms with van der Waals surface area (Å²) in [5.74, 6) is -0.166. The van der Waals surface area contributed by atoms with Gasteiger partial charge in [-0.05, 0) is 31.2 Å². The summed E-state index contributed by atoms with van der Waals surface area (Å²) in [7, 11) is 1.87. The molecule has 0 atom stereocenters. The molecule has 0 amide bonds. The maximum absolute atomic E-state index is 13.4. The summed E-state index contributed by atoms with van der Waals surface area (Å²) < 4.78 is 13.4. The zero-order valence-electron chi connectivity index (χ0n) is 8.73. The summed E-state index contributed by atoms with van der Waals surface area (Å²) in [5.41, 5.74) is 1.61. The molecule has 0 fully saturated rings. The molecule has 0 heterocycles. The van der Waals surface area contributed by atoms with Gasteiger partial charge >= 0.3 is 0 Å². The van der Waals surface area contributed by atoms with E-state index in [0.717, 1.165) is 25.1 Å². The fourth-order valence-electron chi connectivity index (χ4n) is 1.24. The fraction of sp³-hybridized carbons (Fsp3) is 0.455. The first-order valence-electron chi connectivity index (χ1n) is 4.94. The SMILES string of the molecule is CCc1ccc(NCCNC)c(F)c1. The summed E-state index contributed by atoms with van der Waals surface area (Å²) in [6, 6.07) is 5.33. The molecule has 78 valence electrons. The standard InChI is InChI=1S/C11H17FN2/c1-3-9-4-5-11(10(12)8-9)14-7-6-13-2/h4-5,8,13-14H,3,6-7H2,1-2H3. The van der Waals surface area contributed by atoms with Gasteiger partial charge in [0.1, 0.15) is 5.82 Å². The average molecular weight is 196 g/mol. The van der Waals surface area contributed by atoms with Crippen LogP contribution in [0, 0.1) is 5.82 Å². The van der Waals surface area contributed by atoms with E-state index in [1.165, 1.54) is 0 Å². The number of anilines is 1. The number of aryl methyl sites for hydroxylation is 1. The first-order chi connectivity index (χ1) is 6.77. The molecule has 0 aromatic heterocycles. The normalized spacial score (nSPS) is 10.2. The third-order valence-corrected chi connectivity index (χ3v) is 2.13. The van der Waals surface area contributed by atoms with Gasteiger partial charge in [0.05, 0.1) is 5.69 Å². The van der Waals surface area contributed by atoms with E-state index in [2.05, 4.69) is 10.6 Å². The Morgan fingerprint density at radius 1 is 1.29 bits per heavy atom. The highest BCUT2D eigenvalue weighted by molar-refractivity contribution is 5.46. The minimum absolute atomic E-state index is 0.166. The molecule has 3 heteroatoms. The lowest BCUT2D eigenvalue weighted by Crippen LogP contribution is -2.18. The molecule has 0 bridgehead atoms. The summed E-state index contributed by atoms with van der Waals surface area (Å²) in [5, 5.41) is 6.02. The number of nitrogens with one attached hydrogen (secondary N) is 2. The van der Waals surface area contributed by atoms with Crippen LogP contribution < -0.4 is 10.6 Å². The third kappa shape index (κ3) is 3.00. The van der Waals surface area contributed by atoms with Crippen molar-refractivity contribution in [3.8, 4) is 0 Å². The van der Waals surface area contributed by atoms with Crippen molar-refractivity contribution in [3.63, 3.8) is 0 Å². The Kier molecular flexibility index (Phi) is 4.40. The lowest BCUT2D eigenvalue weighted by atomic mass is 10.1. The second-order valence-electron chi connectivity index (χ2n) is 3.20. The molecular formula is C11H17FN2. The van der Waals surface area contributed by atoms with Gasteiger partial charge in [-0.15, -0.1) is 0 Å². The van der Waals surface area contributed by atoms with Crippen molar-refractivity contribution in [1.82, 2.24) is 5.32 Å². The lowest BCUT2D eigenvalue weighted by molar-refractivity contribution is 0.627. The number of hydrogen-bond donors (Lipinski definition) is 2. The molecular weight excluding hydrogens is 179 g/mol. The lowest BCUT2D eigenvalue weighted by Gasteiger charge is -2.07. The predicted molar refractivity (Wildman–Crippen MR) is 58.2 cm³/mol. The summed E-state index contributed by atoms with van der Waals surface area (Å²) in [6.07, 6.45) is 0.869. The van der Waals surface area contributed by atoms with Crippen molar-refractivity contribution in [3.05, 3.63) is 29.6 Å². The molecule has 1 rings (SSSR count).